The Balaban J connectivity index is 0.000000217. The minimum atomic E-state index is -0.454. The van der Waals surface area contributed by atoms with E-state index in [2.05, 4.69) is 34.9 Å². The Morgan fingerprint density at radius 1 is 0.589 bits per heavy atom. The predicted octanol–water partition coefficient (Wildman–Crippen LogP) is 6.42. The first-order valence-corrected chi connectivity index (χ1v) is 20.0. The van der Waals surface area contributed by atoms with Gasteiger partial charge in [-0.25, -0.2) is 0 Å². The number of likely N-dealkylation sites (tertiary alicyclic amines) is 2. The lowest BCUT2D eigenvalue weighted by Crippen LogP contribution is -2.47. The van der Waals surface area contributed by atoms with E-state index in [4.69, 9.17) is 5.73 Å². The van der Waals surface area contributed by atoms with Crippen LogP contribution >= 0.6 is 12.4 Å². The minimum Gasteiger partial charge on any atom is -0.368 e. The van der Waals surface area contributed by atoms with Crippen LogP contribution < -0.4 is 16.4 Å². The normalized spacial score (nSPS) is 18.2. The second-order valence-electron chi connectivity index (χ2n) is 15.0. The zero-order valence-corrected chi connectivity index (χ0v) is 33.0. The number of carbonyl (C=O) groups excluding carboxylic acids is 4. The number of amides is 4. The van der Waals surface area contributed by atoms with Gasteiger partial charge in [-0.05, 0) is 79.8 Å². The molecule has 4 aromatic carbocycles. The zero-order chi connectivity index (χ0) is 38.4. The van der Waals surface area contributed by atoms with Crippen LogP contribution in [-0.4, -0.2) is 78.2 Å². The van der Waals surface area contributed by atoms with E-state index in [9.17, 15) is 19.2 Å². The van der Waals surface area contributed by atoms with Crippen LogP contribution in [0, 0.1) is 5.92 Å². The van der Waals surface area contributed by atoms with E-state index in [0.717, 1.165) is 74.0 Å². The molecule has 3 heterocycles. The molecule has 0 bridgehead atoms. The van der Waals surface area contributed by atoms with Gasteiger partial charge in [0.25, 0.3) is 0 Å². The summed E-state index contributed by atoms with van der Waals surface area (Å²) < 4.78 is 0. The Bertz CT molecular complexity index is 1750. The van der Waals surface area contributed by atoms with Gasteiger partial charge in [-0.3, -0.25) is 19.2 Å². The molecule has 0 spiro atoms. The number of piperidine rings is 1. The molecule has 4 N–H and O–H groups in total. The summed E-state index contributed by atoms with van der Waals surface area (Å²) in [6.07, 6.45) is 6.07. The van der Waals surface area contributed by atoms with Crippen molar-refractivity contribution in [1.82, 2.24) is 20.4 Å². The van der Waals surface area contributed by atoms with Crippen LogP contribution in [0.2, 0.25) is 0 Å². The Kier molecular flexibility index (Phi) is 16.1. The van der Waals surface area contributed by atoms with Crippen molar-refractivity contribution in [2.45, 2.75) is 75.3 Å². The van der Waals surface area contributed by atoms with Gasteiger partial charge in [0.15, 0.2) is 0 Å². The first-order chi connectivity index (χ1) is 26.9. The predicted molar refractivity (Wildman–Crippen MR) is 223 cm³/mol. The molecule has 10 heteroatoms. The number of hydrogen-bond acceptors (Lipinski definition) is 5. The Hall–Kier alpha value is -4.99. The molecule has 0 aromatic heterocycles. The molecule has 0 radical (unpaired) electrons. The van der Waals surface area contributed by atoms with Crippen LogP contribution in [0.4, 0.5) is 0 Å². The van der Waals surface area contributed by atoms with Crippen LogP contribution in [0.1, 0.15) is 85.5 Å². The lowest BCUT2D eigenvalue weighted by molar-refractivity contribution is -0.138. The van der Waals surface area contributed by atoms with Crippen molar-refractivity contribution < 1.29 is 19.2 Å². The number of carbonyl (C=O) groups is 4. The van der Waals surface area contributed by atoms with E-state index >= 15 is 0 Å². The topological polar surface area (TPSA) is 125 Å². The highest BCUT2D eigenvalue weighted by molar-refractivity contribution is 5.89. The Morgan fingerprint density at radius 3 is 1.36 bits per heavy atom. The maximum Gasteiger partial charge on any atom is 0.242 e. The van der Waals surface area contributed by atoms with Crippen molar-refractivity contribution in [3.05, 3.63) is 144 Å². The van der Waals surface area contributed by atoms with Gasteiger partial charge in [0.1, 0.15) is 12.1 Å². The van der Waals surface area contributed by atoms with Gasteiger partial charge < -0.3 is 26.2 Å². The fourth-order valence-electron chi connectivity index (χ4n) is 8.33. The van der Waals surface area contributed by atoms with E-state index in [1.807, 2.05) is 102 Å². The highest BCUT2D eigenvalue weighted by Crippen LogP contribution is 2.32. The third kappa shape index (κ3) is 11.3. The molecule has 7 rings (SSSR count). The van der Waals surface area contributed by atoms with Gasteiger partial charge in [0.2, 0.25) is 23.6 Å². The molecule has 0 aliphatic carbocycles. The standard InChI is InChI=1S/C26H33N3O2.C20H22N2O2.ClH/c30-25(18-23(21-8-3-1-4-9-21)22-10-5-2-6-11-22)29-17-7-12-24(29)26(31)28-19-20-13-15-27-16-14-20;21-20(24)18-12-7-13-22(18)19(23)14-17(15-8-3-1-4-9-15)16-10-5-2-6-11-16;/h1-6,8-11,20,23-24,27H,7,12-19H2,(H,28,31);1-6,8-11,17-18H,7,12-14H2,(H2,21,24);1H/t24-;18-;/m00./s1. The van der Waals surface area contributed by atoms with E-state index in [-0.39, 0.29) is 48.0 Å². The summed E-state index contributed by atoms with van der Waals surface area (Å²) in [6.45, 7) is 4.04. The lowest BCUT2D eigenvalue weighted by atomic mass is 9.88. The SMILES string of the molecule is Cl.NC(=O)[C@@H]1CCCN1C(=O)CC(c1ccccc1)c1ccccc1.O=C(NCC1CCNCC1)[C@@H]1CCCN1C(=O)CC(c1ccccc1)c1ccccc1. The van der Waals surface area contributed by atoms with Gasteiger partial charge in [-0.15, -0.1) is 12.4 Å². The second-order valence-corrected chi connectivity index (χ2v) is 15.0. The zero-order valence-electron chi connectivity index (χ0n) is 32.1. The van der Waals surface area contributed by atoms with Crippen molar-refractivity contribution in [2.24, 2.45) is 11.7 Å². The molecule has 3 aliphatic rings. The molecule has 0 unspecified atom stereocenters. The number of hydrogen-bond donors (Lipinski definition) is 3. The molecule has 296 valence electrons. The summed E-state index contributed by atoms with van der Waals surface area (Å²) in [5.74, 6) is 0.183. The average Bonchev–Trinajstić information content (AvgIpc) is 3.95. The van der Waals surface area contributed by atoms with Crippen molar-refractivity contribution in [1.29, 1.82) is 0 Å². The van der Waals surface area contributed by atoms with Crippen molar-refractivity contribution >= 4 is 36.0 Å². The maximum absolute atomic E-state index is 13.4. The molecule has 3 fully saturated rings. The fraction of sp³-hybridized carbons (Fsp3) is 0.391. The number of nitrogens with one attached hydrogen (secondary N) is 2. The summed E-state index contributed by atoms with van der Waals surface area (Å²) in [6, 6.07) is 39.6. The number of nitrogens with two attached hydrogens (primary N) is 1. The first kappa shape index (κ1) is 42.2. The molecule has 56 heavy (non-hydrogen) atoms. The van der Waals surface area contributed by atoms with Gasteiger partial charge in [-0.2, -0.15) is 0 Å². The average molecular weight is 778 g/mol. The number of benzene rings is 4. The van der Waals surface area contributed by atoms with Crippen LogP contribution in [0.15, 0.2) is 121 Å². The van der Waals surface area contributed by atoms with Gasteiger partial charge in [0.05, 0.1) is 0 Å². The van der Waals surface area contributed by atoms with Crippen LogP contribution in [-0.2, 0) is 19.2 Å². The monoisotopic (exact) mass is 777 g/mol. The Morgan fingerprint density at radius 2 is 0.964 bits per heavy atom. The maximum atomic E-state index is 13.4. The fourth-order valence-corrected chi connectivity index (χ4v) is 8.33. The van der Waals surface area contributed by atoms with Crippen LogP contribution in [0.25, 0.3) is 0 Å². The van der Waals surface area contributed by atoms with Crippen molar-refractivity contribution in [2.75, 3.05) is 32.7 Å². The molecule has 3 aliphatic heterocycles. The number of rotatable bonds is 12. The molecule has 2 atom stereocenters. The lowest BCUT2D eigenvalue weighted by Gasteiger charge is -2.28. The molecule has 4 aromatic rings. The summed E-state index contributed by atoms with van der Waals surface area (Å²) in [5.41, 5.74) is 9.92. The molecule has 3 saturated heterocycles. The summed E-state index contributed by atoms with van der Waals surface area (Å²) in [5, 5.41) is 6.49. The third-order valence-electron chi connectivity index (χ3n) is 11.4. The van der Waals surface area contributed by atoms with Gasteiger partial charge in [-0.1, -0.05) is 121 Å². The van der Waals surface area contributed by atoms with Crippen molar-refractivity contribution in [3.8, 4) is 0 Å². The van der Waals surface area contributed by atoms with Gasteiger partial charge in [0, 0.05) is 44.3 Å². The quantitative estimate of drug-likeness (QED) is 0.153. The smallest absolute Gasteiger partial charge is 0.242 e. The third-order valence-corrected chi connectivity index (χ3v) is 11.4. The second kappa shape index (κ2) is 21.3. The van der Waals surface area contributed by atoms with E-state index in [1.54, 1.807) is 4.90 Å². The molecular weight excluding hydrogens is 722 g/mol. The first-order valence-electron chi connectivity index (χ1n) is 20.0. The van der Waals surface area contributed by atoms with E-state index in [0.29, 0.717) is 38.3 Å². The Labute approximate surface area is 337 Å². The summed E-state index contributed by atoms with van der Waals surface area (Å²) in [7, 11) is 0. The van der Waals surface area contributed by atoms with E-state index < -0.39 is 11.9 Å². The summed E-state index contributed by atoms with van der Waals surface area (Å²) in [4.78, 5) is 54.1. The van der Waals surface area contributed by atoms with Crippen LogP contribution in [0.3, 0.4) is 0 Å². The highest BCUT2D eigenvalue weighted by Gasteiger charge is 2.36. The molecule has 0 saturated carbocycles. The van der Waals surface area contributed by atoms with Gasteiger partial charge >= 0.3 is 0 Å². The molecule has 9 nitrogen and oxygen atoms in total. The van der Waals surface area contributed by atoms with Crippen LogP contribution in [0.5, 0.6) is 0 Å². The molecule has 4 amide bonds. The van der Waals surface area contributed by atoms with E-state index in [1.165, 1.54) is 0 Å². The number of primary amides is 1. The minimum absolute atomic E-state index is 0. The number of halogens is 1. The summed E-state index contributed by atoms with van der Waals surface area (Å²) >= 11 is 0. The number of nitrogens with zero attached hydrogens (tertiary/aromatic N) is 2. The highest BCUT2D eigenvalue weighted by atomic mass is 35.5. The largest absolute Gasteiger partial charge is 0.368 e. The molecular formula is C46H56ClN5O4. The van der Waals surface area contributed by atoms with Crippen molar-refractivity contribution in [3.63, 3.8) is 0 Å².